The molecule has 1 unspecified atom stereocenters. The lowest BCUT2D eigenvalue weighted by molar-refractivity contribution is -0.0281. The van der Waals surface area contributed by atoms with Crippen LogP contribution in [0.25, 0.3) is 0 Å². The molecule has 1 atom stereocenters. The maximum atomic E-state index is 12.6. The molecule has 1 aliphatic rings. The summed E-state index contributed by atoms with van der Waals surface area (Å²) in [4.78, 5) is 12.6. The quantitative estimate of drug-likeness (QED) is 0.664. The Kier molecular flexibility index (Phi) is 3.66. The first-order valence-electron chi connectivity index (χ1n) is 8.18. The van der Waals surface area contributed by atoms with Crippen LogP contribution in [-0.2, 0) is 23.2 Å². The Hall–Kier alpha value is -2.87. The second kappa shape index (κ2) is 5.97. The molecule has 2 nitrogen and oxygen atoms in total. The average molecular weight is 314 g/mol. The van der Waals surface area contributed by atoms with Crippen molar-refractivity contribution < 1.29 is 9.53 Å². The number of carbonyl (C=O) groups is 1. The SMILES string of the molecule is O=C1OC(Cc2ccccc2)(c2ccccc2)Cc2ccccc21. The number of carbonyl (C=O) groups excluding carboxylic acids is 1. The molecule has 0 spiro atoms. The summed E-state index contributed by atoms with van der Waals surface area (Å²) in [5.74, 6) is -0.239. The highest BCUT2D eigenvalue weighted by Gasteiger charge is 2.41. The molecule has 3 aromatic carbocycles. The van der Waals surface area contributed by atoms with E-state index in [2.05, 4.69) is 12.1 Å². The molecule has 0 aliphatic carbocycles. The fourth-order valence-corrected chi connectivity index (χ4v) is 3.48. The summed E-state index contributed by atoms with van der Waals surface area (Å²) in [7, 11) is 0. The second-order valence-corrected chi connectivity index (χ2v) is 6.25. The molecule has 118 valence electrons. The summed E-state index contributed by atoms with van der Waals surface area (Å²) < 4.78 is 6.05. The van der Waals surface area contributed by atoms with Crippen molar-refractivity contribution in [3.05, 3.63) is 107 Å². The number of ether oxygens (including phenoxy) is 1. The minimum Gasteiger partial charge on any atom is -0.450 e. The van der Waals surface area contributed by atoms with Gasteiger partial charge in [0.1, 0.15) is 5.60 Å². The van der Waals surface area contributed by atoms with E-state index in [4.69, 9.17) is 4.74 Å². The first-order valence-corrected chi connectivity index (χ1v) is 8.18. The van der Waals surface area contributed by atoms with Gasteiger partial charge in [-0.15, -0.1) is 0 Å². The third kappa shape index (κ3) is 2.61. The Morgan fingerprint density at radius 2 is 1.42 bits per heavy atom. The van der Waals surface area contributed by atoms with Crippen molar-refractivity contribution in [2.45, 2.75) is 18.4 Å². The molecular formula is C22H18O2. The fraction of sp³-hybridized carbons (Fsp3) is 0.136. The number of fused-ring (bicyclic) bond motifs is 1. The zero-order valence-corrected chi connectivity index (χ0v) is 13.3. The molecular weight excluding hydrogens is 296 g/mol. The summed E-state index contributed by atoms with van der Waals surface area (Å²) in [6.45, 7) is 0. The van der Waals surface area contributed by atoms with Gasteiger partial charge in [-0.2, -0.15) is 0 Å². The molecule has 0 radical (unpaired) electrons. The lowest BCUT2D eigenvalue weighted by Gasteiger charge is -2.38. The van der Waals surface area contributed by atoms with Crippen molar-refractivity contribution in [3.8, 4) is 0 Å². The maximum Gasteiger partial charge on any atom is 0.339 e. The predicted octanol–water partition coefficient (Wildman–Crippen LogP) is 4.54. The molecule has 1 heterocycles. The van der Waals surface area contributed by atoms with Crippen LogP contribution >= 0.6 is 0 Å². The van der Waals surface area contributed by atoms with Crippen LogP contribution in [0.15, 0.2) is 84.9 Å². The minimum atomic E-state index is -0.659. The molecule has 24 heavy (non-hydrogen) atoms. The van der Waals surface area contributed by atoms with Gasteiger partial charge in [-0.25, -0.2) is 4.79 Å². The van der Waals surface area contributed by atoms with Crippen LogP contribution in [0.5, 0.6) is 0 Å². The summed E-state index contributed by atoms with van der Waals surface area (Å²) in [5, 5.41) is 0. The van der Waals surface area contributed by atoms with Crippen molar-refractivity contribution in [1.29, 1.82) is 0 Å². The highest BCUT2D eigenvalue weighted by atomic mass is 16.6. The highest BCUT2D eigenvalue weighted by molar-refractivity contribution is 5.92. The zero-order chi connectivity index (χ0) is 16.4. The van der Waals surface area contributed by atoms with Crippen LogP contribution in [0, 0.1) is 0 Å². The van der Waals surface area contributed by atoms with Gasteiger partial charge in [0.2, 0.25) is 0 Å². The van der Waals surface area contributed by atoms with E-state index in [1.165, 1.54) is 0 Å². The van der Waals surface area contributed by atoms with Crippen LogP contribution in [0.3, 0.4) is 0 Å². The van der Waals surface area contributed by atoms with Crippen molar-refractivity contribution in [2.24, 2.45) is 0 Å². The largest absolute Gasteiger partial charge is 0.450 e. The summed E-state index contributed by atoms with van der Waals surface area (Å²) >= 11 is 0. The average Bonchev–Trinajstić information content (AvgIpc) is 2.63. The van der Waals surface area contributed by atoms with E-state index in [1.807, 2.05) is 72.8 Å². The normalized spacial score (nSPS) is 19.4. The lowest BCUT2D eigenvalue weighted by Crippen LogP contribution is -2.41. The number of esters is 1. The van der Waals surface area contributed by atoms with E-state index in [1.54, 1.807) is 0 Å². The van der Waals surface area contributed by atoms with E-state index < -0.39 is 5.60 Å². The molecule has 0 N–H and O–H groups in total. The monoisotopic (exact) mass is 314 g/mol. The number of hydrogen-bond acceptors (Lipinski definition) is 2. The third-order valence-electron chi connectivity index (χ3n) is 4.63. The van der Waals surface area contributed by atoms with Crippen LogP contribution < -0.4 is 0 Å². The molecule has 2 heteroatoms. The lowest BCUT2D eigenvalue weighted by atomic mass is 9.79. The molecule has 4 rings (SSSR count). The Morgan fingerprint density at radius 1 is 0.792 bits per heavy atom. The summed E-state index contributed by atoms with van der Waals surface area (Å²) in [6.07, 6.45) is 1.35. The Morgan fingerprint density at radius 3 is 2.17 bits per heavy atom. The van der Waals surface area contributed by atoms with Crippen LogP contribution in [0.2, 0.25) is 0 Å². The third-order valence-corrected chi connectivity index (χ3v) is 4.63. The van der Waals surface area contributed by atoms with Gasteiger partial charge >= 0.3 is 5.97 Å². The van der Waals surface area contributed by atoms with Gasteiger partial charge < -0.3 is 4.74 Å². The standard InChI is InChI=1S/C22H18O2/c23-21-20-14-8-7-11-18(20)16-22(24-21,19-12-5-2-6-13-19)15-17-9-3-1-4-10-17/h1-14H,15-16H2. The molecule has 0 saturated carbocycles. The first kappa shape index (κ1) is 14.7. The van der Waals surface area contributed by atoms with Crippen LogP contribution in [0.1, 0.15) is 27.0 Å². The Bertz CT molecular complexity index is 855. The number of cyclic esters (lactones) is 1. The summed E-state index contributed by atoms with van der Waals surface area (Å²) in [5.41, 5.74) is 3.27. The molecule has 0 fully saturated rings. The molecule has 3 aromatic rings. The Balaban J connectivity index is 1.82. The van der Waals surface area contributed by atoms with Gasteiger partial charge in [-0.1, -0.05) is 78.9 Å². The van der Waals surface area contributed by atoms with E-state index in [9.17, 15) is 4.79 Å². The molecule has 0 amide bonds. The topological polar surface area (TPSA) is 26.3 Å². The predicted molar refractivity (Wildman–Crippen MR) is 93.8 cm³/mol. The van der Waals surface area contributed by atoms with Crippen molar-refractivity contribution in [1.82, 2.24) is 0 Å². The molecule has 0 saturated heterocycles. The van der Waals surface area contributed by atoms with Crippen LogP contribution in [-0.4, -0.2) is 5.97 Å². The van der Waals surface area contributed by atoms with E-state index in [0.29, 0.717) is 18.4 Å². The van der Waals surface area contributed by atoms with Gasteiger partial charge in [0.05, 0.1) is 5.56 Å². The highest BCUT2D eigenvalue weighted by Crippen LogP contribution is 2.39. The Labute approximate surface area is 141 Å². The summed E-state index contributed by atoms with van der Waals surface area (Å²) in [6, 6.07) is 28.0. The van der Waals surface area contributed by atoms with E-state index in [-0.39, 0.29) is 5.97 Å². The maximum absolute atomic E-state index is 12.6. The first-order chi connectivity index (χ1) is 11.8. The number of rotatable bonds is 3. The van der Waals surface area contributed by atoms with Crippen molar-refractivity contribution >= 4 is 5.97 Å². The van der Waals surface area contributed by atoms with Gasteiger partial charge in [-0.3, -0.25) is 0 Å². The van der Waals surface area contributed by atoms with Crippen molar-refractivity contribution in [2.75, 3.05) is 0 Å². The van der Waals surface area contributed by atoms with Gasteiger partial charge in [0.15, 0.2) is 0 Å². The molecule has 1 aliphatic heterocycles. The van der Waals surface area contributed by atoms with E-state index >= 15 is 0 Å². The fourth-order valence-electron chi connectivity index (χ4n) is 3.48. The molecule has 0 bridgehead atoms. The zero-order valence-electron chi connectivity index (χ0n) is 13.3. The van der Waals surface area contributed by atoms with Gasteiger partial charge in [0.25, 0.3) is 0 Å². The van der Waals surface area contributed by atoms with E-state index in [0.717, 1.165) is 16.7 Å². The second-order valence-electron chi connectivity index (χ2n) is 6.25. The van der Waals surface area contributed by atoms with Gasteiger partial charge in [-0.05, 0) is 22.8 Å². The smallest absolute Gasteiger partial charge is 0.339 e. The number of benzene rings is 3. The number of hydrogen-bond donors (Lipinski definition) is 0. The van der Waals surface area contributed by atoms with Crippen molar-refractivity contribution in [3.63, 3.8) is 0 Å². The molecule has 0 aromatic heterocycles. The minimum absolute atomic E-state index is 0.239. The van der Waals surface area contributed by atoms with Gasteiger partial charge in [0, 0.05) is 12.8 Å². The van der Waals surface area contributed by atoms with Crippen LogP contribution in [0.4, 0.5) is 0 Å².